The molecule has 0 spiro atoms. The molecule has 0 heterocycles. The van der Waals surface area contributed by atoms with Gasteiger partial charge in [0, 0.05) is 5.41 Å². The minimum Gasteiger partial charge on any atom is -0.460 e. The van der Waals surface area contributed by atoms with Crippen LogP contribution in [0.3, 0.4) is 0 Å². The zero-order valence-corrected chi connectivity index (χ0v) is 17.9. The third-order valence-corrected chi connectivity index (χ3v) is 7.71. The van der Waals surface area contributed by atoms with Crippen LogP contribution in [0.1, 0.15) is 63.0 Å². The molecule has 166 valence electrons. The summed E-state index contributed by atoms with van der Waals surface area (Å²) in [7, 11) is 0. The molecule has 0 aromatic heterocycles. The van der Waals surface area contributed by atoms with Gasteiger partial charge < -0.3 is 4.74 Å². The lowest BCUT2D eigenvalue weighted by Crippen LogP contribution is -2.55. The summed E-state index contributed by atoms with van der Waals surface area (Å²) in [5.41, 5.74) is 2.47. The first kappa shape index (κ1) is 22.0. The van der Waals surface area contributed by atoms with E-state index in [9.17, 15) is 13.6 Å². The Morgan fingerprint density at radius 2 is 1.87 bits per heavy atom. The van der Waals surface area contributed by atoms with Crippen LogP contribution in [0.4, 0.5) is 8.78 Å². The Morgan fingerprint density at radius 1 is 1.20 bits per heavy atom. The third kappa shape index (κ3) is 4.24. The van der Waals surface area contributed by atoms with Crippen LogP contribution in [-0.2, 0) is 30.7 Å². The van der Waals surface area contributed by atoms with Crippen LogP contribution in [0.2, 0.25) is 0 Å². The normalized spacial score (nSPS) is 32.4. The second-order valence-corrected chi connectivity index (χ2v) is 10.3. The smallest absolute Gasteiger partial charge is 0.415 e. The molecule has 30 heavy (non-hydrogen) atoms. The average molecular weight is 443 g/mol. The molecule has 1 N–H and O–H groups in total. The number of benzene rings is 1. The van der Waals surface area contributed by atoms with Gasteiger partial charge in [-0.2, -0.15) is 8.78 Å². The predicted octanol–water partition coefficient (Wildman–Crippen LogP) is 5.68. The predicted molar refractivity (Wildman–Crippen MR) is 108 cm³/mol. The molecule has 4 fully saturated rings. The average Bonchev–Trinajstić information content (AvgIpc) is 2.70. The number of carbonyl (C=O) groups is 1. The van der Waals surface area contributed by atoms with Gasteiger partial charge in [0.15, 0.2) is 0 Å². The van der Waals surface area contributed by atoms with E-state index < -0.39 is 23.3 Å². The van der Waals surface area contributed by atoms with Crippen molar-refractivity contribution in [3.8, 4) is 0 Å². The Labute approximate surface area is 179 Å². The van der Waals surface area contributed by atoms with E-state index in [-0.39, 0.29) is 17.4 Å². The van der Waals surface area contributed by atoms with Crippen molar-refractivity contribution in [1.29, 1.82) is 0 Å². The fraction of sp³-hybridized carbons (Fsp3) is 0.682. The van der Waals surface area contributed by atoms with Crippen LogP contribution in [0, 0.1) is 17.3 Å². The quantitative estimate of drug-likeness (QED) is 0.230. The van der Waals surface area contributed by atoms with E-state index in [4.69, 9.17) is 9.99 Å². The molecular weight excluding hydrogens is 414 g/mol. The van der Waals surface area contributed by atoms with Crippen molar-refractivity contribution in [3.63, 3.8) is 0 Å². The first-order valence-corrected chi connectivity index (χ1v) is 11.3. The van der Waals surface area contributed by atoms with Crippen molar-refractivity contribution in [3.05, 3.63) is 35.4 Å². The maximum Gasteiger partial charge on any atom is 0.415 e. The van der Waals surface area contributed by atoms with E-state index in [1.54, 1.807) is 0 Å². The molecule has 4 aliphatic rings. The SMILES string of the molecule is CCCc1ccc(C23CC4CC(CC(COC(=O)C(F)(F)SOOO)(C4)C2)C3)cc1. The summed E-state index contributed by atoms with van der Waals surface area (Å²) in [4.78, 5) is 11.9. The molecule has 8 heteroatoms. The van der Waals surface area contributed by atoms with Gasteiger partial charge >= 0.3 is 11.2 Å². The van der Waals surface area contributed by atoms with Gasteiger partial charge in [0.25, 0.3) is 0 Å². The molecule has 1 aromatic rings. The first-order valence-electron chi connectivity index (χ1n) is 10.6. The van der Waals surface area contributed by atoms with Gasteiger partial charge in [0.2, 0.25) is 0 Å². The van der Waals surface area contributed by atoms with E-state index in [0.717, 1.165) is 44.9 Å². The van der Waals surface area contributed by atoms with Crippen LogP contribution in [0.5, 0.6) is 0 Å². The van der Waals surface area contributed by atoms with Crippen LogP contribution in [0.25, 0.3) is 0 Å². The van der Waals surface area contributed by atoms with Gasteiger partial charge in [0.05, 0.1) is 6.61 Å². The molecular formula is C22H28F2O5S. The van der Waals surface area contributed by atoms with Crippen molar-refractivity contribution in [1.82, 2.24) is 0 Å². The molecule has 5 rings (SSSR count). The van der Waals surface area contributed by atoms with Crippen LogP contribution in [-0.4, -0.2) is 23.1 Å². The summed E-state index contributed by atoms with van der Waals surface area (Å²) in [6, 6.07) is 8.92. The van der Waals surface area contributed by atoms with E-state index in [1.807, 2.05) is 0 Å². The fourth-order valence-electron chi connectivity index (χ4n) is 6.67. The van der Waals surface area contributed by atoms with Crippen LogP contribution < -0.4 is 0 Å². The summed E-state index contributed by atoms with van der Waals surface area (Å²) >= 11 is -0.575. The molecule has 4 aliphatic carbocycles. The fourth-order valence-corrected chi connectivity index (χ4v) is 6.91. The number of ether oxygens (including phenoxy) is 1. The zero-order chi connectivity index (χ0) is 21.4. The minimum atomic E-state index is -3.95. The second kappa shape index (κ2) is 8.37. The number of carbonyl (C=O) groups excluding carboxylic acids is 1. The standard InChI is InChI=1S/C22H28F2O5S/c1-2-3-15-4-6-18(7-5-15)21-11-16-8-17(12-21)10-20(9-16,13-21)14-27-19(25)22(23,24)30-29-28-26/h4-7,16-17,26H,2-3,8-14H2,1H3. The molecule has 4 saturated carbocycles. The molecule has 2 atom stereocenters. The molecule has 5 nitrogen and oxygen atoms in total. The Hall–Kier alpha value is -1.22. The van der Waals surface area contributed by atoms with Gasteiger partial charge in [-0.3, -0.25) is 0 Å². The lowest BCUT2D eigenvalue weighted by Gasteiger charge is -2.62. The van der Waals surface area contributed by atoms with Gasteiger partial charge in [-0.15, -0.1) is 4.33 Å². The molecule has 0 radical (unpaired) electrons. The Bertz CT molecular complexity index is 755. The zero-order valence-electron chi connectivity index (χ0n) is 17.1. The topological polar surface area (TPSA) is 65.0 Å². The number of alkyl halides is 2. The van der Waals surface area contributed by atoms with E-state index in [2.05, 4.69) is 40.6 Å². The number of esters is 1. The lowest BCUT2D eigenvalue weighted by molar-refractivity contribution is -0.433. The van der Waals surface area contributed by atoms with Gasteiger partial charge in [-0.25, -0.2) is 10.1 Å². The highest BCUT2D eigenvalue weighted by molar-refractivity contribution is 7.96. The minimum absolute atomic E-state index is 0.00929. The first-order chi connectivity index (χ1) is 14.3. The number of hydrogen-bond donors (Lipinski definition) is 1. The monoisotopic (exact) mass is 442 g/mol. The third-order valence-electron chi connectivity index (χ3n) is 7.20. The maximum absolute atomic E-state index is 13.8. The Morgan fingerprint density at radius 3 is 2.47 bits per heavy atom. The van der Waals surface area contributed by atoms with Crippen LogP contribution >= 0.6 is 12.0 Å². The maximum atomic E-state index is 13.8. The van der Waals surface area contributed by atoms with Crippen molar-refractivity contribution < 1.29 is 32.9 Å². The summed E-state index contributed by atoms with van der Waals surface area (Å²) in [6.45, 7) is 2.16. The van der Waals surface area contributed by atoms with Gasteiger partial charge in [-0.1, -0.05) is 42.6 Å². The van der Waals surface area contributed by atoms with Crippen LogP contribution in [0.15, 0.2) is 24.3 Å². The number of rotatable bonds is 9. The summed E-state index contributed by atoms with van der Waals surface area (Å²) in [5, 5.41) is 7.27. The lowest BCUT2D eigenvalue weighted by atomic mass is 9.43. The molecule has 0 saturated heterocycles. The largest absolute Gasteiger partial charge is 0.460 e. The molecule has 4 bridgehead atoms. The molecule has 0 amide bonds. The Balaban J connectivity index is 1.49. The number of halogens is 2. The summed E-state index contributed by atoms with van der Waals surface area (Å²) in [6.07, 6.45) is 8.31. The van der Waals surface area contributed by atoms with Gasteiger partial charge in [-0.05, 0) is 73.3 Å². The molecule has 2 unspecified atom stereocenters. The van der Waals surface area contributed by atoms with Gasteiger partial charge in [0.1, 0.15) is 12.0 Å². The van der Waals surface area contributed by atoms with Crippen molar-refractivity contribution in [2.75, 3.05) is 6.61 Å². The van der Waals surface area contributed by atoms with Crippen molar-refractivity contribution in [2.45, 2.75) is 69.0 Å². The second-order valence-electron chi connectivity index (χ2n) is 9.51. The summed E-state index contributed by atoms with van der Waals surface area (Å²) < 4.78 is 36.4. The number of hydrogen-bond acceptors (Lipinski definition) is 6. The Kier molecular flexibility index (Phi) is 6.14. The van der Waals surface area contributed by atoms with E-state index in [1.165, 1.54) is 17.5 Å². The highest BCUT2D eigenvalue weighted by Crippen LogP contribution is 2.65. The highest BCUT2D eigenvalue weighted by atomic mass is 32.2. The van der Waals surface area contributed by atoms with Crippen molar-refractivity contribution in [2.24, 2.45) is 17.3 Å². The van der Waals surface area contributed by atoms with E-state index >= 15 is 0 Å². The summed E-state index contributed by atoms with van der Waals surface area (Å²) in [5.74, 6) is -0.583. The van der Waals surface area contributed by atoms with E-state index in [0.29, 0.717) is 11.8 Å². The molecule has 0 aliphatic heterocycles. The van der Waals surface area contributed by atoms with Crippen molar-refractivity contribution >= 4 is 18.0 Å². The molecule has 1 aromatic carbocycles. The number of aryl methyl sites for hydroxylation is 1. The highest BCUT2D eigenvalue weighted by Gasteiger charge is 2.59.